The molecule has 1 amide bonds. The summed E-state index contributed by atoms with van der Waals surface area (Å²) in [4.78, 5) is 13.1. The van der Waals surface area contributed by atoms with Crippen molar-refractivity contribution in [1.29, 1.82) is 0 Å². The Bertz CT molecular complexity index is 1330. The zero-order valence-electron chi connectivity index (χ0n) is 47.4. The summed E-state index contributed by atoms with van der Waals surface area (Å²) >= 11 is 0. The van der Waals surface area contributed by atoms with Crippen LogP contribution in [-0.4, -0.2) is 87.5 Å². The van der Waals surface area contributed by atoms with E-state index in [-0.39, 0.29) is 12.5 Å². The Hall–Kier alpha value is -2.11. The number of hydrogen-bond acceptors (Lipinski definition) is 8. The maximum atomic E-state index is 13.1. The summed E-state index contributed by atoms with van der Waals surface area (Å²) in [5, 5.41) is 54.6. The van der Waals surface area contributed by atoms with Crippen LogP contribution in [0.15, 0.2) is 60.8 Å². The lowest BCUT2D eigenvalue weighted by Gasteiger charge is -2.40. The van der Waals surface area contributed by atoms with Gasteiger partial charge in [0.25, 0.3) is 0 Å². The minimum atomic E-state index is -1.57. The summed E-state index contributed by atoms with van der Waals surface area (Å²) < 4.78 is 11.3. The maximum absolute atomic E-state index is 13.1. The molecule has 1 heterocycles. The second-order valence-corrected chi connectivity index (χ2v) is 21.5. The van der Waals surface area contributed by atoms with Crippen LogP contribution in [0.3, 0.4) is 0 Å². The molecule has 7 atom stereocenters. The van der Waals surface area contributed by atoms with Gasteiger partial charge in [-0.3, -0.25) is 4.79 Å². The van der Waals surface area contributed by atoms with Gasteiger partial charge in [0, 0.05) is 6.42 Å². The van der Waals surface area contributed by atoms with Crippen molar-refractivity contribution in [2.24, 2.45) is 0 Å². The SMILES string of the molecule is CC/C=C\C/C=C\C/C=C\C/C=C\CCCCCCCCCCCCCCC(=O)NC(COC1OC(CO)C(O)C(O)C1O)C(O)/C=C/CCCCCCCCCCCCCCCCCCCCCCCCC. The Morgan fingerprint density at radius 1 is 0.479 bits per heavy atom. The van der Waals surface area contributed by atoms with Crippen molar-refractivity contribution in [2.45, 2.75) is 326 Å². The van der Waals surface area contributed by atoms with Gasteiger partial charge < -0.3 is 40.3 Å². The lowest BCUT2D eigenvalue weighted by Crippen LogP contribution is -2.60. The first-order valence-electron chi connectivity index (χ1n) is 31.0. The van der Waals surface area contributed by atoms with Gasteiger partial charge in [0.05, 0.1) is 25.4 Å². The molecular formula is C64H117NO8. The molecule has 73 heavy (non-hydrogen) atoms. The van der Waals surface area contributed by atoms with E-state index in [1.54, 1.807) is 6.08 Å². The highest BCUT2D eigenvalue weighted by atomic mass is 16.7. The van der Waals surface area contributed by atoms with Gasteiger partial charge in [-0.25, -0.2) is 0 Å². The molecule has 0 aromatic heterocycles. The lowest BCUT2D eigenvalue weighted by molar-refractivity contribution is -0.302. The molecule has 1 aliphatic heterocycles. The fourth-order valence-electron chi connectivity index (χ4n) is 9.74. The van der Waals surface area contributed by atoms with Crippen molar-refractivity contribution >= 4 is 5.91 Å². The van der Waals surface area contributed by atoms with E-state index in [0.717, 1.165) is 64.2 Å². The number of ether oxygens (including phenoxy) is 2. The van der Waals surface area contributed by atoms with Crippen molar-refractivity contribution in [2.75, 3.05) is 13.2 Å². The predicted molar refractivity (Wildman–Crippen MR) is 309 cm³/mol. The van der Waals surface area contributed by atoms with E-state index >= 15 is 0 Å². The van der Waals surface area contributed by atoms with Crippen LogP contribution in [0, 0.1) is 0 Å². The van der Waals surface area contributed by atoms with Crippen LogP contribution in [0.2, 0.25) is 0 Å². The molecule has 7 unspecified atom stereocenters. The number of nitrogens with one attached hydrogen (secondary N) is 1. The molecule has 426 valence electrons. The van der Waals surface area contributed by atoms with Gasteiger partial charge in [-0.1, -0.05) is 280 Å². The molecule has 0 saturated carbocycles. The van der Waals surface area contributed by atoms with E-state index < -0.39 is 49.5 Å². The molecular weight excluding hydrogens is 911 g/mol. The molecule has 0 aliphatic carbocycles. The Morgan fingerprint density at radius 2 is 0.849 bits per heavy atom. The van der Waals surface area contributed by atoms with Crippen LogP contribution in [0.1, 0.15) is 284 Å². The molecule has 0 bridgehead atoms. The third-order valence-corrected chi connectivity index (χ3v) is 14.6. The third-order valence-electron chi connectivity index (χ3n) is 14.6. The molecule has 9 nitrogen and oxygen atoms in total. The van der Waals surface area contributed by atoms with Gasteiger partial charge in [0.1, 0.15) is 24.4 Å². The van der Waals surface area contributed by atoms with Crippen molar-refractivity contribution in [3.05, 3.63) is 60.8 Å². The van der Waals surface area contributed by atoms with Crippen LogP contribution in [-0.2, 0) is 14.3 Å². The second-order valence-electron chi connectivity index (χ2n) is 21.5. The minimum Gasteiger partial charge on any atom is -0.394 e. The van der Waals surface area contributed by atoms with Gasteiger partial charge in [-0.2, -0.15) is 0 Å². The van der Waals surface area contributed by atoms with Gasteiger partial charge in [0.15, 0.2) is 6.29 Å². The quantitative estimate of drug-likeness (QED) is 0.0261. The van der Waals surface area contributed by atoms with Crippen LogP contribution < -0.4 is 5.32 Å². The second kappa shape index (κ2) is 53.3. The molecule has 9 heteroatoms. The molecule has 1 fully saturated rings. The van der Waals surface area contributed by atoms with Crippen LogP contribution in [0.4, 0.5) is 0 Å². The number of rotatable bonds is 53. The molecule has 1 aliphatic rings. The number of aliphatic hydroxyl groups excluding tert-OH is 5. The van der Waals surface area contributed by atoms with E-state index in [0.29, 0.717) is 6.42 Å². The number of carbonyl (C=O) groups excluding carboxylic acids is 1. The molecule has 0 aromatic carbocycles. The van der Waals surface area contributed by atoms with Crippen molar-refractivity contribution in [1.82, 2.24) is 5.32 Å². The lowest BCUT2D eigenvalue weighted by atomic mass is 9.99. The number of aliphatic hydroxyl groups is 5. The Morgan fingerprint density at radius 3 is 1.26 bits per heavy atom. The van der Waals surface area contributed by atoms with Crippen molar-refractivity contribution in [3.63, 3.8) is 0 Å². The van der Waals surface area contributed by atoms with E-state index in [4.69, 9.17) is 9.47 Å². The summed E-state index contributed by atoms with van der Waals surface area (Å²) in [7, 11) is 0. The number of unbranched alkanes of at least 4 members (excludes halogenated alkanes) is 35. The molecule has 0 spiro atoms. The molecule has 1 saturated heterocycles. The van der Waals surface area contributed by atoms with Crippen LogP contribution in [0.25, 0.3) is 0 Å². The van der Waals surface area contributed by atoms with E-state index in [1.807, 2.05) is 6.08 Å². The Kier molecular flexibility index (Phi) is 50.3. The van der Waals surface area contributed by atoms with Gasteiger partial charge in [-0.15, -0.1) is 0 Å². The van der Waals surface area contributed by atoms with Gasteiger partial charge in [-0.05, 0) is 57.8 Å². The fraction of sp³-hybridized carbons (Fsp3) is 0.828. The highest BCUT2D eigenvalue weighted by Gasteiger charge is 2.44. The first-order valence-corrected chi connectivity index (χ1v) is 31.0. The van der Waals surface area contributed by atoms with E-state index in [2.05, 4.69) is 67.8 Å². The van der Waals surface area contributed by atoms with Gasteiger partial charge >= 0.3 is 0 Å². The van der Waals surface area contributed by atoms with Gasteiger partial charge in [0.2, 0.25) is 5.91 Å². The number of carbonyl (C=O) groups is 1. The summed E-state index contributed by atoms with van der Waals surface area (Å²) in [6, 6.07) is -0.809. The number of hydrogen-bond donors (Lipinski definition) is 6. The largest absolute Gasteiger partial charge is 0.394 e. The van der Waals surface area contributed by atoms with Crippen molar-refractivity contribution < 1.29 is 39.8 Å². The summed E-state index contributed by atoms with van der Waals surface area (Å²) in [5.41, 5.74) is 0. The normalized spacial score (nSPS) is 19.5. The first kappa shape index (κ1) is 68.9. The maximum Gasteiger partial charge on any atom is 0.220 e. The van der Waals surface area contributed by atoms with Crippen molar-refractivity contribution in [3.8, 4) is 0 Å². The minimum absolute atomic E-state index is 0.178. The van der Waals surface area contributed by atoms with E-state index in [9.17, 15) is 30.3 Å². The standard InChI is InChI=1S/C64H117NO8/c1-3-5-7-9-11-13-15-17-19-21-23-25-27-29-31-33-35-37-39-41-43-45-47-49-51-53-58(67)57(56-72-64-63(71)62(70)61(69)59(55-66)73-64)65-60(68)54-52-50-48-46-44-42-40-38-36-34-32-30-28-26-24-22-20-18-16-14-12-10-8-6-4-2/h6,8,12,14,18,20,24,26,51,53,57-59,61-64,66-67,69-71H,3-5,7,9-11,13,15-17,19,21-23,25,27-50,52,54-56H2,1-2H3,(H,65,68)/b8-6-,14-12-,20-18-,26-24-,53-51+. The Labute approximate surface area is 449 Å². The zero-order valence-corrected chi connectivity index (χ0v) is 47.4. The molecule has 6 N–H and O–H groups in total. The monoisotopic (exact) mass is 1030 g/mol. The smallest absolute Gasteiger partial charge is 0.220 e. The first-order chi connectivity index (χ1) is 35.8. The number of allylic oxidation sites excluding steroid dienone is 9. The highest BCUT2D eigenvalue weighted by Crippen LogP contribution is 2.23. The summed E-state index contributed by atoms with van der Waals surface area (Å²) in [6.07, 6.45) is 65.8. The topological polar surface area (TPSA) is 149 Å². The predicted octanol–water partition coefficient (Wildman–Crippen LogP) is 15.9. The average Bonchev–Trinajstić information content (AvgIpc) is 3.39. The number of amides is 1. The highest BCUT2D eigenvalue weighted by molar-refractivity contribution is 5.76. The molecule has 1 rings (SSSR count). The summed E-state index contributed by atoms with van der Waals surface area (Å²) in [6.45, 7) is 3.70. The molecule has 0 aromatic rings. The average molecular weight is 1030 g/mol. The summed E-state index contributed by atoms with van der Waals surface area (Å²) in [5.74, 6) is -0.178. The fourth-order valence-corrected chi connectivity index (χ4v) is 9.74. The third kappa shape index (κ3) is 42.7. The van der Waals surface area contributed by atoms with E-state index in [1.165, 1.54) is 199 Å². The van der Waals surface area contributed by atoms with Crippen LogP contribution in [0.5, 0.6) is 0 Å². The zero-order chi connectivity index (χ0) is 52.9. The molecule has 0 radical (unpaired) electrons. The van der Waals surface area contributed by atoms with Crippen LogP contribution >= 0.6 is 0 Å². The Balaban J connectivity index is 2.20.